The van der Waals surface area contributed by atoms with Crippen LogP contribution in [-0.4, -0.2) is 36.5 Å². The maximum absolute atomic E-state index is 14.8. The molecule has 0 aromatic heterocycles. The predicted molar refractivity (Wildman–Crippen MR) is 159 cm³/mol. The minimum Gasteiger partial charge on any atom is -0.497 e. The van der Waals surface area contributed by atoms with E-state index in [0.717, 1.165) is 16.8 Å². The predicted octanol–water partition coefficient (Wildman–Crippen LogP) is 6.97. The number of methoxy groups -OCH3 is 1. The number of ketones is 3. The Hall–Kier alpha value is -4.48. The van der Waals surface area contributed by atoms with Gasteiger partial charge in [0.2, 0.25) is 0 Å². The number of carbonyl (C=O) groups is 3. The summed E-state index contributed by atoms with van der Waals surface area (Å²) < 4.78 is 5.44. The quantitative estimate of drug-likeness (QED) is 0.199. The van der Waals surface area contributed by atoms with Crippen LogP contribution < -0.4 is 9.64 Å². The summed E-state index contributed by atoms with van der Waals surface area (Å²) in [6.45, 7) is 2.02. The van der Waals surface area contributed by atoms with Crippen molar-refractivity contribution in [1.29, 1.82) is 0 Å². The molecule has 0 saturated carbocycles. The summed E-state index contributed by atoms with van der Waals surface area (Å²) in [5.41, 5.74) is 3.23. The molecule has 3 aliphatic rings. The highest BCUT2D eigenvalue weighted by Crippen LogP contribution is 2.61. The number of fused-ring (bicyclic) bond motifs is 5. The normalized spacial score (nSPS) is 21.5. The molecule has 0 amide bonds. The molecule has 2 heterocycles. The van der Waals surface area contributed by atoms with Crippen molar-refractivity contribution >= 4 is 40.7 Å². The van der Waals surface area contributed by atoms with Crippen LogP contribution in [0.5, 0.6) is 5.75 Å². The summed E-state index contributed by atoms with van der Waals surface area (Å²) in [5.74, 6) is -0.932. The zero-order valence-electron chi connectivity index (χ0n) is 22.5. The Morgan fingerprint density at radius 3 is 2.27 bits per heavy atom. The van der Waals surface area contributed by atoms with E-state index in [9.17, 15) is 14.4 Å². The van der Waals surface area contributed by atoms with Crippen LogP contribution in [0.25, 0.3) is 6.08 Å². The molecule has 4 aromatic rings. The first-order valence-electron chi connectivity index (χ1n) is 13.6. The van der Waals surface area contributed by atoms with E-state index in [0.29, 0.717) is 33.0 Å². The van der Waals surface area contributed by atoms with Gasteiger partial charge in [0.25, 0.3) is 0 Å². The summed E-state index contributed by atoms with van der Waals surface area (Å²) in [7, 11) is 1.56. The van der Waals surface area contributed by atoms with E-state index in [4.69, 9.17) is 16.3 Å². The molecule has 7 rings (SSSR count). The van der Waals surface area contributed by atoms with E-state index < -0.39 is 23.4 Å². The zero-order valence-corrected chi connectivity index (χ0v) is 23.3. The largest absolute Gasteiger partial charge is 0.497 e. The lowest BCUT2D eigenvalue weighted by atomic mass is 9.64. The number of Topliss-reactive ketones (excluding diaryl/α,β-unsaturated/α-hetero) is 3. The lowest BCUT2D eigenvalue weighted by molar-refractivity contribution is 0.0666. The van der Waals surface area contributed by atoms with Crippen molar-refractivity contribution in [2.24, 2.45) is 5.41 Å². The second kappa shape index (κ2) is 9.28. The van der Waals surface area contributed by atoms with Crippen LogP contribution in [0.15, 0.2) is 97.1 Å². The molecule has 3 atom stereocenters. The van der Waals surface area contributed by atoms with E-state index in [2.05, 4.69) is 6.07 Å². The Morgan fingerprint density at radius 2 is 1.59 bits per heavy atom. The van der Waals surface area contributed by atoms with E-state index >= 15 is 0 Å². The number of anilines is 1. The van der Waals surface area contributed by atoms with Crippen LogP contribution in [0.4, 0.5) is 5.69 Å². The van der Waals surface area contributed by atoms with Gasteiger partial charge in [-0.25, -0.2) is 0 Å². The Morgan fingerprint density at radius 1 is 0.878 bits per heavy atom. The highest BCUT2D eigenvalue weighted by atomic mass is 35.5. The molecule has 6 heteroatoms. The van der Waals surface area contributed by atoms with Gasteiger partial charge in [0, 0.05) is 33.3 Å². The van der Waals surface area contributed by atoms with Gasteiger partial charge in [0.1, 0.15) is 17.2 Å². The van der Waals surface area contributed by atoms with Crippen molar-refractivity contribution in [2.75, 3.05) is 12.0 Å². The van der Waals surface area contributed by atoms with Gasteiger partial charge in [-0.1, -0.05) is 83.9 Å². The van der Waals surface area contributed by atoms with Crippen LogP contribution in [0.3, 0.4) is 0 Å². The number of rotatable bonds is 4. The van der Waals surface area contributed by atoms with Crippen molar-refractivity contribution in [1.82, 2.24) is 0 Å². The lowest BCUT2D eigenvalue weighted by Crippen LogP contribution is -2.48. The topological polar surface area (TPSA) is 63.7 Å². The smallest absolute Gasteiger partial charge is 0.186 e. The van der Waals surface area contributed by atoms with Gasteiger partial charge in [-0.3, -0.25) is 14.4 Å². The SMILES string of the molecule is COc1cccc(C(=O)[C@H]2[C@H](c3ccc(Cl)cc3)C3(C(=O)c4ccccc4C3=O)[C@H]3C=Cc4cc(C)ccc4N23)c1. The fourth-order valence-corrected chi connectivity index (χ4v) is 7.21. The lowest BCUT2D eigenvalue weighted by Gasteiger charge is -2.37. The first kappa shape index (κ1) is 25.5. The van der Waals surface area contributed by atoms with Crippen LogP contribution in [0.2, 0.25) is 5.02 Å². The van der Waals surface area contributed by atoms with Crippen LogP contribution in [0.1, 0.15) is 53.7 Å². The number of carbonyl (C=O) groups excluding carboxylic acids is 3. The third kappa shape index (κ3) is 3.52. The van der Waals surface area contributed by atoms with E-state index in [1.165, 1.54) is 0 Å². The summed E-state index contributed by atoms with van der Waals surface area (Å²) >= 11 is 6.30. The van der Waals surface area contributed by atoms with Gasteiger partial charge < -0.3 is 9.64 Å². The highest BCUT2D eigenvalue weighted by Gasteiger charge is 2.71. The summed E-state index contributed by atoms with van der Waals surface area (Å²) in [6, 6.07) is 25.7. The van der Waals surface area contributed by atoms with Gasteiger partial charge >= 0.3 is 0 Å². The molecule has 0 radical (unpaired) electrons. The van der Waals surface area contributed by atoms with E-state index in [1.54, 1.807) is 67.8 Å². The summed E-state index contributed by atoms with van der Waals surface area (Å²) in [6.07, 6.45) is 3.91. The van der Waals surface area contributed by atoms with Gasteiger partial charge in [0.05, 0.1) is 13.2 Å². The number of halogens is 1. The average Bonchev–Trinajstić information content (AvgIpc) is 3.43. The Balaban J connectivity index is 1.54. The maximum atomic E-state index is 14.8. The molecule has 1 saturated heterocycles. The second-order valence-corrected chi connectivity index (χ2v) is 11.4. The van der Waals surface area contributed by atoms with Crippen LogP contribution in [-0.2, 0) is 0 Å². The minimum atomic E-state index is -1.55. The van der Waals surface area contributed by atoms with Crippen LogP contribution >= 0.6 is 11.6 Å². The number of hydrogen-bond acceptors (Lipinski definition) is 5. The minimum absolute atomic E-state index is 0.191. The van der Waals surface area contributed by atoms with Gasteiger partial charge in [-0.15, -0.1) is 0 Å². The van der Waals surface area contributed by atoms with Crippen LogP contribution in [0, 0.1) is 12.3 Å². The van der Waals surface area contributed by atoms with Gasteiger partial charge in [0.15, 0.2) is 17.3 Å². The highest BCUT2D eigenvalue weighted by molar-refractivity contribution is 6.32. The number of hydrogen-bond donors (Lipinski definition) is 0. The Bertz CT molecular complexity index is 1760. The van der Waals surface area contributed by atoms with Crippen molar-refractivity contribution in [3.63, 3.8) is 0 Å². The van der Waals surface area contributed by atoms with E-state index in [-0.39, 0.29) is 17.3 Å². The second-order valence-electron chi connectivity index (χ2n) is 10.9. The third-order valence-electron chi connectivity index (χ3n) is 8.81. The molecule has 1 aliphatic carbocycles. The third-order valence-corrected chi connectivity index (χ3v) is 9.06. The van der Waals surface area contributed by atoms with Crippen molar-refractivity contribution in [2.45, 2.75) is 24.9 Å². The van der Waals surface area contributed by atoms with Gasteiger partial charge in [-0.05, 0) is 54.4 Å². The molecule has 1 spiro atoms. The van der Waals surface area contributed by atoms with Gasteiger partial charge in [-0.2, -0.15) is 0 Å². The molecule has 4 aromatic carbocycles. The molecule has 0 N–H and O–H groups in total. The van der Waals surface area contributed by atoms with Crippen molar-refractivity contribution < 1.29 is 19.1 Å². The Labute approximate surface area is 243 Å². The fourth-order valence-electron chi connectivity index (χ4n) is 7.09. The molecule has 41 heavy (non-hydrogen) atoms. The molecular formula is C35H26ClNO4. The molecule has 202 valence electrons. The first-order valence-corrected chi connectivity index (χ1v) is 13.9. The molecule has 5 nitrogen and oxygen atoms in total. The molecule has 0 bridgehead atoms. The molecule has 2 aliphatic heterocycles. The maximum Gasteiger partial charge on any atom is 0.186 e. The average molecular weight is 560 g/mol. The zero-order chi connectivity index (χ0) is 28.5. The number of benzene rings is 4. The van der Waals surface area contributed by atoms with Crippen molar-refractivity contribution in [3.05, 3.63) is 135 Å². The summed E-state index contributed by atoms with van der Waals surface area (Å²) in [5, 5.41) is 0.530. The molecule has 1 fully saturated rings. The number of nitrogens with zero attached hydrogens (tertiary/aromatic N) is 1. The monoisotopic (exact) mass is 559 g/mol. The van der Waals surface area contributed by atoms with Crippen molar-refractivity contribution in [3.8, 4) is 5.75 Å². The molecular weight excluding hydrogens is 534 g/mol. The standard InChI is InChI=1S/C35H26ClNO4/c1-20-10-16-28-22(18-20)13-17-29-35(33(39)26-8-3-4-9-27(26)34(35)40)30(21-11-14-24(36)15-12-21)31(37(28)29)32(38)23-6-5-7-25(19-23)41-2/h3-19,29-31H,1-2H3/t29-,30+,31-/m1/s1. The van der Waals surface area contributed by atoms with E-state index in [1.807, 2.05) is 48.2 Å². The Kier molecular flexibility index (Phi) is 5.77. The number of aryl methyl sites for hydroxylation is 1. The molecule has 0 unspecified atom stereocenters. The summed E-state index contributed by atoms with van der Waals surface area (Å²) in [4.78, 5) is 46.1. The number of ether oxygens (including phenoxy) is 1. The fraction of sp³-hybridized carbons (Fsp3) is 0.171. The first-order chi connectivity index (χ1) is 19.9.